The van der Waals surface area contributed by atoms with E-state index in [1.807, 2.05) is 0 Å². The van der Waals surface area contributed by atoms with Gasteiger partial charge in [0, 0.05) is 6.61 Å². The molecule has 96 valence electrons. The van der Waals surface area contributed by atoms with Gasteiger partial charge in [0.15, 0.2) is 0 Å². The zero-order valence-corrected chi connectivity index (χ0v) is 11.6. The third-order valence-corrected chi connectivity index (χ3v) is 5.56. The van der Waals surface area contributed by atoms with Gasteiger partial charge in [-0.1, -0.05) is 19.4 Å². The van der Waals surface area contributed by atoms with E-state index in [1.54, 1.807) is 0 Å². The zero-order chi connectivity index (χ0) is 11.9. The summed E-state index contributed by atoms with van der Waals surface area (Å²) in [6.45, 7) is 2.89. The number of hydrogen-bond donors (Lipinski definition) is 2. The van der Waals surface area contributed by atoms with Gasteiger partial charge in [0.25, 0.3) is 0 Å². The molecule has 0 aromatic rings. The summed E-state index contributed by atoms with van der Waals surface area (Å²) in [5.41, 5.74) is -0.371. The molecule has 2 N–H and O–H groups in total. The minimum atomic E-state index is -0.780. The van der Waals surface area contributed by atoms with Crippen LogP contribution in [0.3, 0.4) is 0 Å². The molecule has 2 atom stereocenters. The summed E-state index contributed by atoms with van der Waals surface area (Å²) < 4.78 is 11.6. The first-order valence-corrected chi connectivity index (χ1v) is 8.00. The van der Waals surface area contributed by atoms with Gasteiger partial charge in [-0.2, -0.15) is 0 Å². The molecule has 0 radical (unpaired) electrons. The highest BCUT2D eigenvalue weighted by Crippen LogP contribution is 2.26. The van der Waals surface area contributed by atoms with Gasteiger partial charge in [-0.25, -0.2) is 0 Å². The Balaban J connectivity index is 2.42. The predicted molar refractivity (Wildman–Crippen MR) is 65.2 cm³/mol. The summed E-state index contributed by atoms with van der Waals surface area (Å²) in [5.74, 6) is 0. The SMILES string of the molecule is CCC[SiH2]C1(OCC(O)CO)CCCCO1. The van der Waals surface area contributed by atoms with E-state index in [0.717, 1.165) is 25.9 Å². The monoisotopic (exact) mass is 248 g/mol. The maximum absolute atomic E-state index is 9.31. The second-order valence-corrected chi connectivity index (χ2v) is 6.75. The molecule has 0 spiro atoms. The largest absolute Gasteiger partial charge is 0.394 e. The van der Waals surface area contributed by atoms with Crippen molar-refractivity contribution in [3.05, 3.63) is 0 Å². The van der Waals surface area contributed by atoms with Gasteiger partial charge in [0.2, 0.25) is 0 Å². The van der Waals surface area contributed by atoms with Crippen molar-refractivity contribution in [1.82, 2.24) is 0 Å². The van der Waals surface area contributed by atoms with E-state index in [1.165, 1.54) is 12.5 Å². The van der Waals surface area contributed by atoms with Crippen LogP contribution in [0.1, 0.15) is 32.6 Å². The smallest absolute Gasteiger partial charge is 0.145 e. The molecule has 16 heavy (non-hydrogen) atoms. The van der Waals surface area contributed by atoms with Crippen LogP contribution in [0.4, 0.5) is 0 Å². The van der Waals surface area contributed by atoms with Gasteiger partial charge in [-0.15, -0.1) is 0 Å². The molecule has 1 aliphatic rings. The van der Waals surface area contributed by atoms with Crippen molar-refractivity contribution in [2.75, 3.05) is 19.8 Å². The summed E-state index contributed by atoms with van der Waals surface area (Å²) in [5, 5.41) is 18.1. The van der Waals surface area contributed by atoms with Crippen LogP contribution in [0.25, 0.3) is 0 Å². The summed E-state index contributed by atoms with van der Waals surface area (Å²) >= 11 is 0. The van der Waals surface area contributed by atoms with Crippen molar-refractivity contribution in [2.24, 2.45) is 0 Å². The molecular weight excluding hydrogens is 224 g/mol. The molecule has 1 saturated heterocycles. The lowest BCUT2D eigenvalue weighted by molar-refractivity contribution is -0.213. The molecule has 1 rings (SSSR count). The maximum atomic E-state index is 9.31. The molecule has 1 fully saturated rings. The van der Waals surface area contributed by atoms with E-state index < -0.39 is 15.6 Å². The predicted octanol–water partition coefficient (Wildman–Crippen LogP) is 0.208. The number of ether oxygens (including phenoxy) is 2. The van der Waals surface area contributed by atoms with Gasteiger partial charge >= 0.3 is 0 Å². The lowest BCUT2D eigenvalue weighted by Gasteiger charge is -2.37. The molecule has 0 aromatic carbocycles. The van der Waals surface area contributed by atoms with Crippen molar-refractivity contribution in [3.63, 3.8) is 0 Å². The maximum Gasteiger partial charge on any atom is 0.145 e. The number of rotatable bonds is 7. The molecule has 5 heteroatoms. The Hall–Kier alpha value is 0.0569. The fraction of sp³-hybridized carbons (Fsp3) is 1.00. The molecule has 1 aliphatic heterocycles. The van der Waals surface area contributed by atoms with E-state index in [2.05, 4.69) is 6.92 Å². The summed E-state index contributed by atoms with van der Waals surface area (Å²) in [6, 6.07) is 1.20. The Kier molecular flexibility index (Phi) is 6.53. The molecule has 0 bridgehead atoms. The minimum Gasteiger partial charge on any atom is -0.394 e. The van der Waals surface area contributed by atoms with Gasteiger partial charge in [-0.05, 0) is 19.3 Å². The molecular formula is C11H24O4Si. The summed E-state index contributed by atoms with van der Waals surface area (Å²) in [7, 11) is -0.429. The van der Waals surface area contributed by atoms with Crippen molar-refractivity contribution in [1.29, 1.82) is 0 Å². The Morgan fingerprint density at radius 1 is 1.50 bits per heavy atom. The number of aliphatic hydroxyl groups is 2. The summed E-state index contributed by atoms with van der Waals surface area (Å²) in [6.07, 6.45) is 3.60. The first kappa shape index (κ1) is 14.1. The van der Waals surface area contributed by atoms with Crippen LogP contribution in [0.2, 0.25) is 6.04 Å². The zero-order valence-electron chi connectivity index (χ0n) is 10.2. The third kappa shape index (κ3) is 4.51. The number of aliphatic hydroxyl groups excluding tert-OH is 2. The fourth-order valence-corrected chi connectivity index (χ4v) is 3.90. The van der Waals surface area contributed by atoms with Crippen molar-refractivity contribution < 1.29 is 19.7 Å². The average molecular weight is 248 g/mol. The molecule has 0 amide bonds. The van der Waals surface area contributed by atoms with Crippen LogP contribution >= 0.6 is 0 Å². The fourth-order valence-electron chi connectivity index (χ4n) is 1.96. The molecule has 1 heterocycles. The topological polar surface area (TPSA) is 58.9 Å². The normalized spacial score (nSPS) is 28.7. The van der Waals surface area contributed by atoms with Gasteiger partial charge in [0.1, 0.15) is 11.5 Å². The Morgan fingerprint density at radius 2 is 2.31 bits per heavy atom. The first-order chi connectivity index (χ1) is 7.72. The van der Waals surface area contributed by atoms with Gasteiger partial charge < -0.3 is 19.7 Å². The van der Waals surface area contributed by atoms with E-state index in [4.69, 9.17) is 14.6 Å². The Morgan fingerprint density at radius 3 is 2.88 bits per heavy atom. The van der Waals surface area contributed by atoms with E-state index in [9.17, 15) is 5.11 Å². The molecule has 2 unspecified atom stereocenters. The van der Waals surface area contributed by atoms with Crippen LogP contribution in [0.15, 0.2) is 0 Å². The van der Waals surface area contributed by atoms with Crippen molar-refractivity contribution in [2.45, 2.75) is 50.2 Å². The van der Waals surface area contributed by atoms with E-state index in [-0.39, 0.29) is 18.6 Å². The number of hydrogen-bond acceptors (Lipinski definition) is 4. The third-order valence-electron chi connectivity index (χ3n) is 2.98. The average Bonchev–Trinajstić information content (AvgIpc) is 2.35. The van der Waals surface area contributed by atoms with E-state index >= 15 is 0 Å². The van der Waals surface area contributed by atoms with Crippen molar-refractivity contribution in [3.8, 4) is 0 Å². The summed E-state index contributed by atoms with van der Waals surface area (Å²) in [4.78, 5) is 0. The van der Waals surface area contributed by atoms with Crippen LogP contribution in [-0.4, -0.2) is 51.1 Å². The van der Waals surface area contributed by atoms with Crippen LogP contribution in [-0.2, 0) is 9.47 Å². The van der Waals surface area contributed by atoms with E-state index in [0.29, 0.717) is 0 Å². The standard InChI is InChI=1S/C11H24O4Si/c1-2-7-16-11(5-3-4-6-14-11)15-9-10(13)8-12/h10,12-13H,2-9,16H2,1H3. The minimum absolute atomic E-state index is 0.188. The first-order valence-electron chi connectivity index (χ1n) is 6.29. The highest BCUT2D eigenvalue weighted by molar-refractivity contribution is 6.38. The van der Waals surface area contributed by atoms with Gasteiger partial charge in [0.05, 0.1) is 22.7 Å². The van der Waals surface area contributed by atoms with Crippen molar-refractivity contribution >= 4 is 9.52 Å². The highest BCUT2D eigenvalue weighted by atomic mass is 28.2. The van der Waals surface area contributed by atoms with Crippen LogP contribution in [0.5, 0.6) is 0 Å². The lowest BCUT2D eigenvalue weighted by Crippen LogP contribution is -2.46. The molecule has 0 aromatic heterocycles. The quantitative estimate of drug-likeness (QED) is 0.632. The Labute approximate surface area is 99.8 Å². The van der Waals surface area contributed by atoms with Gasteiger partial charge in [-0.3, -0.25) is 0 Å². The molecule has 0 saturated carbocycles. The second kappa shape index (κ2) is 7.40. The van der Waals surface area contributed by atoms with Crippen LogP contribution in [0, 0.1) is 0 Å². The highest BCUT2D eigenvalue weighted by Gasteiger charge is 2.34. The second-order valence-electron chi connectivity index (χ2n) is 4.47. The lowest BCUT2D eigenvalue weighted by atomic mass is 10.2. The van der Waals surface area contributed by atoms with Crippen LogP contribution < -0.4 is 0 Å². The Bertz CT molecular complexity index is 183. The molecule has 0 aliphatic carbocycles. The molecule has 4 nitrogen and oxygen atoms in total.